The SMILES string of the molecule is CCN=C(NN)Nc1cncnc1. The molecular formula is C7H12N6. The Morgan fingerprint density at radius 3 is 2.77 bits per heavy atom. The van der Waals surface area contributed by atoms with Crippen LogP contribution >= 0.6 is 0 Å². The highest BCUT2D eigenvalue weighted by Gasteiger charge is 1.95. The summed E-state index contributed by atoms with van der Waals surface area (Å²) in [6.45, 7) is 2.57. The Labute approximate surface area is 76.3 Å². The molecule has 1 aromatic rings. The lowest BCUT2D eigenvalue weighted by atomic mass is 10.5. The van der Waals surface area contributed by atoms with Crippen molar-refractivity contribution in [3.8, 4) is 0 Å². The molecule has 4 N–H and O–H groups in total. The zero-order valence-electron chi connectivity index (χ0n) is 7.36. The fraction of sp³-hybridized carbons (Fsp3) is 0.286. The van der Waals surface area contributed by atoms with Gasteiger partial charge in [0.1, 0.15) is 6.33 Å². The van der Waals surface area contributed by atoms with Gasteiger partial charge in [0, 0.05) is 6.54 Å². The largest absolute Gasteiger partial charge is 0.323 e. The van der Waals surface area contributed by atoms with E-state index in [1.165, 1.54) is 6.33 Å². The van der Waals surface area contributed by atoms with Gasteiger partial charge in [0.25, 0.3) is 0 Å². The second-order valence-corrected chi connectivity index (χ2v) is 2.22. The molecule has 0 saturated heterocycles. The van der Waals surface area contributed by atoms with Gasteiger partial charge in [0.15, 0.2) is 0 Å². The number of rotatable bonds is 2. The third-order valence-corrected chi connectivity index (χ3v) is 1.28. The van der Waals surface area contributed by atoms with Crippen LogP contribution in [0.1, 0.15) is 6.92 Å². The average molecular weight is 180 g/mol. The monoisotopic (exact) mass is 180 g/mol. The van der Waals surface area contributed by atoms with Crippen molar-refractivity contribution in [2.45, 2.75) is 6.92 Å². The highest BCUT2D eigenvalue weighted by molar-refractivity contribution is 5.92. The maximum Gasteiger partial charge on any atom is 0.210 e. The minimum Gasteiger partial charge on any atom is -0.323 e. The molecule has 0 aliphatic rings. The quantitative estimate of drug-likeness (QED) is 0.252. The lowest BCUT2D eigenvalue weighted by Gasteiger charge is -2.06. The standard InChI is InChI=1S/C7H12N6/c1-2-11-7(13-8)12-6-3-9-5-10-4-6/h3-5H,2,8H2,1H3,(H2,11,12,13). The summed E-state index contributed by atoms with van der Waals surface area (Å²) in [5.41, 5.74) is 3.18. The van der Waals surface area contributed by atoms with Gasteiger partial charge in [-0.05, 0) is 6.92 Å². The van der Waals surface area contributed by atoms with Gasteiger partial charge in [-0.1, -0.05) is 0 Å². The van der Waals surface area contributed by atoms with E-state index in [4.69, 9.17) is 5.84 Å². The first-order valence-corrected chi connectivity index (χ1v) is 3.90. The summed E-state index contributed by atoms with van der Waals surface area (Å²) in [5, 5.41) is 2.92. The Morgan fingerprint density at radius 2 is 2.23 bits per heavy atom. The number of hydrazine groups is 1. The molecule has 0 amide bonds. The maximum absolute atomic E-state index is 5.22. The van der Waals surface area contributed by atoms with Crippen LogP contribution in [0.3, 0.4) is 0 Å². The Balaban J connectivity index is 2.62. The minimum absolute atomic E-state index is 0.498. The van der Waals surface area contributed by atoms with E-state index < -0.39 is 0 Å². The van der Waals surface area contributed by atoms with Crippen LogP contribution in [0.15, 0.2) is 23.7 Å². The minimum atomic E-state index is 0.498. The Kier molecular flexibility index (Phi) is 3.65. The molecule has 0 unspecified atom stereocenters. The highest BCUT2D eigenvalue weighted by Crippen LogP contribution is 1.98. The van der Waals surface area contributed by atoms with Crippen LogP contribution in [0.4, 0.5) is 5.69 Å². The lowest BCUT2D eigenvalue weighted by molar-refractivity contribution is 0.984. The molecular weight excluding hydrogens is 168 g/mol. The number of nitrogens with zero attached hydrogens (tertiary/aromatic N) is 3. The first-order valence-electron chi connectivity index (χ1n) is 3.90. The van der Waals surface area contributed by atoms with Crippen molar-refractivity contribution in [2.24, 2.45) is 10.8 Å². The zero-order chi connectivity index (χ0) is 9.52. The van der Waals surface area contributed by atoms with Crippen LogP contribution in [0, 0.1) is 0 Å². The molecule has 0 radical (unpaired) electrons. The summed E-state index contributed by atoms with van der Waals surface area (Å²) in [6, 6.07) is 0. The molecule has 1 rings (SSSR count). The third kappa shape index (κ3) is 3.04. The topological polar surface area (TPSA) is 88.2 Å². The summed E-state index contributed by atoms with van der Waals surface area (Å²) < 4.78 is 0. The Morgan fingerprint density at radius 1 is 1.54 bits per heavy atom. The van der Waals surface area contributed by atoms with Gasteiger partial charge in [-0.3, -0.25) is 10.4 Å². The summed E-state index contributed by atoms with van der Waals surface area (Å²) in [7, 11) is 0. The first kappa shape index (κ1) is 9.40. The number of nitrogens with one attached hydrogen (secondary N) is 2. The molecule has 6 heteroatoms. The van der Waals surface area contributed by atoms with Crippen molar-refractivity contribution >= 4 is 11.6 Å². The molecule has 0 bridgehead atoms. The number of guanidine groups is 1. The fourth-order valence-electron chi connectivity index (χ4n) is 0.780. The second kappa shape index (κ2) is 5.04. The molecule has 0 fully saturated rings. The number of aliphatic imine (C=N–C) groups is 1. The molecule has 1 aromatic heterocycles. The summed E-state index contributed by atoms with van der Waals surface area (Å²) >= 11 is 0. The summed E-state index contributed by atoms with van der Waals surface area (Å²) in [4.78, 5) is 11.7. The summed E-state index contributed by atoms with van der Waals surface area (Å²) in [6.07, 6.45) is 4.72. The van der Waals surface area contributed by atoms with Crippen molar-refractivity contribution in [2.75, 3.05) is 11.9 Å². The smallest absolute Gasteiger partial charge is 0.210 e. The molecule has 0 atom stereocenters. The van der Waals surface area contributed by atoms with E-state index in [-0.39, 0.29) is 0 Å². The number of aromatic nitrogens is 2. The van der Waals surface area contributed by atoms with Gasteiger partial charge in [-0.25, -0.2) is 15.8 Å². The first-order chi connectivity index (χ1) is 6.36. The number of hydrogen-bond acceptors (Lipinski definition) is 4. The zero-order valence-corrected chi connectivity index (χ0v) is 7.36. The van der Waals surface area contributed by atoms with E-state index >= 15 is 0 Å². The second-order valence-electron chi connectivity index (χ2n) is 2.22. The van der Waals surface area contributed by atoms with Crippen molar-refractivity contribution < 1.29 is 0 Å². The van der Waals surface area contributed by atoms with Gasteiger partial charge >= 0.3 is 0 Å². The van der Waals surface area contributed by atoms with Gasteiger partial charge in [0.05, 0.1) is 18.1 Å². The molecule has 0 spiro atoms. The van der Waals surface area contributed by atoms with Crippen molar-refractivity contribution in [1.29, 1.82) is 0 Å². The average Bonchev–Trinajstić information content (AvgIpc) is 2.19. The van der Waals surface area contributed by atoms with Crippen LogP contribution in [-0.2, 0) is 0 Å². The van der Waals surface area contributed by atoms with E-state index in [0.29, 0.717) is 12.5 Å². The number of anilines is 1. The predicted molar refractivity (Wildman–Crippen MR) is 51.0 cm³/mol. The molecule has 1 heterocycles. The third-order valence-electron chi connectivity index (χ3n) is 1.28. The van der Waals surface area contributed by atoms with Crippen molar-refractivity contribution in [1.82, 2.24) is 15.4 Å². The van der Waals surface area contributed by atoms with Crippen molar-refractivity contribution in [3.05, 3.63) is 18.7 Å². The molecule has 0 saturated carbocycles. The van der Waals surface area contributed by atoms with Crippen LogP contribution < -0.4 is 16.6 Å². The van der Waals surface area contributed by atoms with E-state index in [0.717, 1.165) is 5.69 Å². The number of hydrogen-bond donors (Lipinski definition) is 3. The van der Waals surface area contributed by atoms with E-state index in [9.17, 15) is 0 Å². The van der Waals surface area contributed by atoms with Crippen LogP contribution in [0.25, 0.3) is 0 Å². The van der Waals surface area contributed by atoms with Crippen molar-refractivity contribution in [3.63, 3.8) is 0 Å². The van der Waals surface area contributed by atoms with Crippen LogP contribution in [-0.4, -0.2) is 22.5 Å². The van der Waals surface area contributed by atoms with Crippen LogP contribution in [0.5, 0.6) is 0 Å². The van der Waals surface area contributed by atoms with E-state index in [1.54, 1.807) is 12.4 Å². The maximum atomic E-state index is 5.22. The Hall–Kier alpha value is -1.69. The fourth-order valence-corrected chi connectivity index (χ4v) is 0.780. The predicted octanol–water partition coefficient (Wildman–Crippen LogP) is -0.272. The molecule has 0 aliphatic heterocycles. The van der Waals surface area contributed by atoms with E-state index in [2.05, 4.69) is 25.7 Å². The van der Waals surface area contributed by atoms with Gasteiger partial charge in [-0.15, -0.1) is 0 Å². The van der Waals surface area contributed by atoms with Gasteiger partial charge in [0.2, 0.25) is 5.96 Å². The molecule has 70 valence electrons. The Bertz CT molecular complexity index is 270. The molecule has 0 aliphatic carbocycles. The normalized spacial score (nSPS) is 11.1. The van der Waals surface area contributed by atoms with Gasteiger partial charge < -0.3 is 5.32 Å². The van der Waals surface area contributed by atoms with E-state index in [1.807, 2.05) is 6.92 Å². The summed E-state index contributed by atoms with van der Waals surface area (Å²) in [5.74, 6) is 5.72. The lowest BCUT2D eigenvalue weighted by Crippen LogP contribution is -2.36. The molecule has 13 heavy (non-hydrogen) atoms. The highest BCUT2D eigenvalue weighted by atomic mass is 15.3. The molecule has 6 nitrogen and oxygen atoms in total. The van der Waals surface area contributed by atoms with Gasteiger partial charge in [-0.2, -0.15) is 0 Å². The molecule has 0 aromatic carbocycles. The number of nitrogens with two attached hydrogens (primary N) is 1. The van der Waals surface area contributed by atoms with Crippen LogP contribution in [0.2, 0.25) is 0 Å².